The van der Waals surface area contributed by atoms with Crippen molar-refractivity contribution in [2.75, 3.05) is 13.1 Å². The quantitative estimate of drug-likeness (QED) is 0.691. The van der Waals surface area contributed by atoms with Crippen molar-refractivity contribution in [3.8, 4) is 0 Å². The zero-order valence-electron chi connectivity index (χ0n) is 18.2. The van der Waals surface area contributed by atoms with Crippen molar-refractivity contribution in [2.45, 2.75) is 51.6 Å². The van der Waals surface area contributed by atoms with E-state index in [1.165, 1.54) is 5.56 Å². The summed E-state index contributed by atoms with van der Waals surface area (Å²) in [5.74, 6) is 0.526. The molecule has 3 amide bonds. The minimum atomic E-state index is -0.147. The van der Waals surface area contributed by atoms with Crippen molar-refractivity contribution >= 4 is 23.5 Å². The summed E-state index contributed by atoms with van der Waals surface area (Å²) in [4.78, 5) is 27.2. The number of likely N-dealkylation sites (tertiary alicyclic amines) is 1. The van der Waals surface area contributed by atoms with Crippen LogP contribution in [0, 0.1) is 5.41 Å². The van der Waals surface area contributed by atoms with Crippen molar-refractivity contribution in [1.82, 2.24) is 15.5 Å². The van der Waals surface area contributed by atoms with Gasteiger partial charge in [-0.05, 0) is 66.0 Å². The summed E-state index contributed by atoms with van der Waals surface area (Å²) in [6.07, 6.45) is 2.86. The van der Waals surface area contributed by atoms with Crippen LogP contribution in [0.25, 0.3) is 0 Å². The van der Waals surface area contributed by atoms with E-state index < -0.39 is 0 Å². The number of amides is 3. The molecule has 0 aromatic heterocycles. The summed E-state index contributed by atoms with van der Waals surface area (Å²) in [6, 6.07) is 15.5. The number of urea groups is 1. The second kappa shape index (κ2) is 8.91. The Kier molecular flexibility index (Phi) is 6.24. The molecule has 1 heterocycles. The van der Waals surface area contributed by atoms with Gasteiger partial charge in [0.2, 0.25) is 0 Å². The minimum absolute atomic E-state index is 0.122. The van der Waals surface area contributed by atoms with Gasteiger partial charge in [0.25, 0.3) is 5.91 Å². The normalized spacial score (nSPS) is 22.5. The average molecular weight is 440 g/mol. The van der Waals surface area contributed by atoms with Gasteiger partial charge in [-0.2, -0.15) is 0 Å². The Morgan fingerprint density at radius 3 is 2.61 bits per heavy atom. The van der Waals surface area contributed by atoms with Crippen LogP contribution in [0.15, 0.2) is 48.5 Å². The Balaban J connectivity index is 1.24. The highest BCUT2D eigenvalue weighted by Crippen LogP contribution is 2.48. The molecule has 2 fully saturated rings. The highest BCUT2D eigenvalue weighted by molar-refractivity contribution is 6.30. The van der Waals surface area contributed by atoms with E-state index in [-0.39, 0.29) is 23.4 Å². The monoisotopic (exact) mass is 439 g/mol. The summed E-state index contributed by atoms with van der Waals surface area (Å²) in [5, 5.41) is 6.65. The van der Waals surface area contributed by atoms with E-state index >= 15 is 0 Å². The molecule has 2 aromatic rings. The van der Waals surface area contributed by atoms with Gasteiger partial charge in [-0.3, -0.25) is 4.79 Å². The molecule has 2 aromatic carbocycles. The Morgan fingerprint density at radius 2 is 1.90 bits per heavy atom. The maximum atomic E-state index is 13.0. The Hall–Kier alpha value is -2.53. The lowest BCUT2D eigenvalue weighted by Crippen LogP contribution is -2.54. The lowest BCUT2D eigenvalue weighted by molar-refractivity contribution is 0.0671. The smallest absolute Gasteiger partial charge is 0.315 e. The van der Waals surface area contributed by atoms with E-state index in [0.29, 0.717) is 17.5 Å². The van der Waals surface area contributed by atoms with Crippen LogP contribution in [-0.4, -0.2) is 36.0 Å². The molecule has 2 aliphatic rings. The molecule has 6 heteroatoms. The molecule has 2 N–H and O–H groups in total. The number of hydrogen-bond acceptors (Lipinski definition) is 2. The molecule has 1 saturated heterocycles. The third-order valence-corrected chi connectivity index (χ3v) is 6.84. The van der Waals surface area contributed by atoms with E-state index in [9.17, 15) is 9.59 Å². The lowest BCUT2D eigenvalue weighted by Gasteiger charge is -2.45. The molecular formula is C25H30ClN3O2. The summed E-state index contributed by atoms with van der Waals surface area (Å²) in [7, 11) is 0. The first-order valence-corrected chi connectivity index (χ1v) is 11.4. The maximum Gasteiger partial charge on any atom is 0.315 e. The topological polar surface area (TPSA) is 61.4 Å². The molecule has 0 unspecified atom stereocenters. The van der Waals surface area contributed by atoms with Gasteiger partial charge in [0.15, 0.2) is 0 Å². The molecule has 5 nitrogen and oxygen atoms in total. The van der Waals surface area contributed by atoms with Gasteiger partial charge in [0, 0.05) is 36.3 Å². The predicted octanol–water partition coefficient (Wildman–Crippen LogP) is 4.96. The molecule has 1 aliphatic heterocycles. The zero-order chi connectivity index (χ0) is 22.0. The van der Waals surface area contributed by atoms with Gasteiger partial charge in [0.1, 0.15) is 0 Å². The first kappa shape index (κ1) is 21.7. The Bertz CT molecular complexity index is 951. The first-order chi connectivity index (χ1) is 14.8. The van der Waals surface area contributed by atoms with Crippen LogP contribution < -0.4 is 10.6 Å². The van der Waals surface area contributed by atoms with Crippen LogP contribution in [0.2, 0.25) is 5.02 Å². The number of rotatable bonds is 5. The van der Waals surface area contributed by atoms with E-state index in [2.05, 4.69) is 30.5 Å². The van der Waals surface area contributed by atoms with Gasteiger partial charge in [-0.1, -0.05) is 49.7 Å². The third-order valence-electron chi connectivity index (χ3n) is 6.59. The minimum Gasteiger partial charge on any atom is -0.338 e. The van der Waals surface area contributed by atoms with Gasteiger partial charge in [0.05, 0.1) is 0 Å². The number of carbonyl (C=O) groups is 2. The standard InChI is InChI=1S/C25H30ClN3O2/c1-17(2)19-4-3-5-20(12-19)23(30)29-11-10-25(16-29)13-22(14-25)28-24(31)27-15-18-6-8-21(26)9-7-18/h3-9,12,17,22H,10-11,13-16H2,1-2H3,(H2,27,28,31)/t22-,25+. The van der Waals surface area contributed by atoms with Gasteiger partial charge in [-0.15, -0.1) is 0 Å². The number of nitrogens with zero attached hydrogens (tertiary/aromatic N) is 1. The fraction of sp³-hybridized carbons (Fsp3) is 0.440. The molecule has 1 spiro atoms. The number of carbonyl (C=O) groups excluding carboxylic acids is 2. The average Bonchev–Trinajstić information content (AvgIpc) is 3.18. The SMILES string of the molecule is CC(C)c1cccc(C(=O)N2CC[C@]3(C2)C[C@@H](NC(=O)NCc2ccc(Cl)cc2)C3)c1. The van der Waals surface area contributed by atoms with Gasteiger partial charge >= 0.3 is 6.03 Å². The first-order valence-electron chi connectivity index (χ1n) is 11.0. The van der Waals surface area contributed by atoms with E-state index in [1.807, 2.05) is 47.4 Å². The second-order valence-corrected chi connectivity index (χ2v) is 9.75. The fourth-order valence-electron chi connectivity index (χ4n) is 4.76. The molecule has 4 rings (SSSR count). The highest BCUT2D eigenvalue weighted by Gasteiger charge is 2.49. The predicted molar refractivity (Wildman–Crippen MR) is 123 cm³/mol. The summed E-state index contributed by atoms with van der Waals surface area (Å²) >= 11 is 5.89. The molecular weight excluding hydrogens is 410 g/mol. The largest absolute Gasteiger partial charge is 0.338 e. The van der Waals surface area contributed by atoms with Crippen LogP contribution in [-0.2, 0) is 6.54 Å². The van der Waals surface area contributed by atoms with Crippen LogP contribution in [0.4, 0.5) is 4.79 Å². The summed E-state index contributed by atoms with van der Waals surface area (Å²) in [5.41, 5.74) is 3.13. The number of benzene rings is 2. The fourth-order valence-corrected chi connectivity index (χ4v) is 4.89. The lowest BCUT2D eigenvalue weighted by atomic mass is 9.65. The van der Waals surface area contributed by atoms with Crippen LogP contribution in [0.1, 0.15) is 60.5 Å². The van der Waals surface area contributed by atoms with Crippen LogP contribution in [0.3, 0.4) is 0 Å². The van der Waals surface area contributed by atoms with Crippen molar-refractivity contribution in [1.29, 1.82) is 0 Å². The Morgan fingerprint density at radius 1 is 1.16 bits per heavy atom. The van der Waals surface area contributed by atoms with Crippen molar-refractivity contribution in [2.24, 2.45) is 5.41 Å². The van der Waals surface area contributed by atoms with E-state index in [1.54, 1.807) is 0 Å². The zero-order valence-corrected chi connectivity index (χ0v) is 18.9. The van der Waals surface area contributed by atoms with E-state index in [0.717, 1.165) is 43.5 Å². The molecule has 0 atom stereocenters. The van der Waals surface area contributed by atoms with Gasteiger partial charge < -0.3 is 15.5 Å². The summed E-state index contributed by atoms with van der Waals surface area (Å²) in [6.45, 7) is 6.32. The molecule has 164 valence electrons. The van der Waals surface area contributed by atoms with Gasteiger partial charge in [-0.25, -0.2) is 4.79 Å². The molecule has 1 saturated carbocycles. The Labute approximate surface area is 189 Å². The maximum absolute atomic E-state index is 13.0. The van der Waals surface area contributed by atoms with Crippen molar-refractivity contribution in [3.63, 3.8) is 0 Å². The molecule has 31 heavy (non-hydrogen) atoms. The van der Waals surface area contributed by atoms with Crippen LogP contribution in [0.5, 0.6) is 0 Å². The number of halogens is 1. The second-order valence-electron chi connectivity index (χ2n) is 9.32. The van der Waals surface area contributed by atoms with Crippen molar-refractivity contribution < 1.29 is 9.59 Å². The highest BCUT2D eigenvalue weighted by atomic mass is 35.5. The van der Waals surface area contributed by atoms with E-state index in [4.69, 9.17) is 11.6 Å². The molecule has 0 bridgehead atoms. The number of hydrogen-bond donors (Lipinski definition) is 2. The van der Waals surface area contributed by atoms with Crippen molar-refractivity contribution in [3.05, 3.63) is 70.2 Å². The third kappa shape index (κ3) is 5.04. The molecule has 1 aliphatic carbocycles. The summed E-state index contributed by atoms with van der Waals surface area (Å²) < 4.78 is 0. The number of nitrogens with one attached hydrogen (secondary N) is 2. The molecule has 0 radical (unpaired) electrons. The van der Waals surface area contributed by atoms with Crippen LogP contribution >= 0.6 is 11.6 Å².